The number of hydrogen-bond donors (Lipinski definition) is 1. The Bertz CT molecular complexity index is 514. The molecule has 0 unspecified atom stereocenters. The Labute approximate surface area is 118 Å². The lowest BCUT2D eigenvalue weighted by Crippen LogP contribution is -2.28. The molecular formula is C14H17NO3S. The molecule has 5 heteroatoms. The SMILES string of the molecule is COc1cc2c(cc1OC)CC(=O)N(CCS)C=C2. The second kappa shape index (κ2) is 6.02. The summed E-state index contributed by atoms with van der Waals surface area (Å²) in [5.41, 5.74) is 1.92. The minimum Gasteiger partial charge on any atom is -0.493 e. The summed E-state index contributed by atoms with van der Waals surface area (Å²) >= 11 is 4.16. The summed E-state index contributed by atoms with van der Waals surface area (Å²) in [5, 5.41) is 0. The van der Waals surface area contributed by atoms with Gasteiger partial charge in [0.25, 0.3) is 0 Å². The molecule has 0 N–H and O–H groups in total. The van der Waals surface area contributed by atoms with Crippen LogP contribution in [0.1, 0.15) is 11.1 Å². The van der Waals surface area contributed by atoms with Crippen molar-refractivity contribution >= 4 is 24.6 Å². The van der Waals surface area contributed by atoms with Crippen molar-refractivity contribution < 1.29 is 14.3 Å². The number of ether oxygens (including phenoxy) is 2. The molecule has 1 amide bonds. The molecule has 0 saturated heterocycles. The van der Waals surface area contributed by atoms with E-state index in [0.717, 1.165) is 11.1 Å². The van der Waals surface area contributed by atoms with E-state index in [2.05, 4.69) is 12.6 Å². The Morgan fingerprint density at radius 3 is 2.58 bits per heavy atom. The molecule has 0 spiro atoms. The molecule has 0 aromatic heterocycles. The standard InChI is InChI=1S/C14H17NO3S/c1-17-12-7-10-3-4-15(5-6-19)14(16)9-11(10)8-13(12)18-2/h3-4,7-8,19H,5-6,9H2,1-2H3. The zero-order chi connectivity index (χ0) is 13.8. The van der Waals surface area contributed by atoms with E-state index in [1.807, 2.05) is 18.2 Å². The maximum atomic E-state index is 12.1. The molecule has 0 bridgehead atoms. The average Bonchev–Trinajstić information content (AvgIpc) is 2.57. The predicted octanol–water partition coefficient (Wildman–Crippen LogP) is 1.99. The Morgan fingerprint density at radius 1 is 1.26 bits per heavy atom. The summed E-state index contributed by atoms with van der Waals surface area (Å²) < 4.78 is 10.5. The lowest BCUT2D eigenvalue weighted by atomic mass is 10.0. The molecule has 1 aliphatic heterocycles. The van der Waals surface area contributed by atoms with Crippen LogP contribution in [0.5, 0.6) is 11.5 Å². The lowest BCUT2D eigenvalue weighted by Gasteiger charge is -2.15. The van der Waals surface area contributed by atoms with Crippen molar-refractivity contribution in [3.05, 3.63) is 29.5 Å². The molecule has 1 aliphatic rings. The summed E-state index contributed by atoms with van der Waals surface area (Å²) in [7, 11) is 3.19. The first-order valence-electron chi connectivity index (χ1n) is 6.03. The van der Waals surface area contributed by atoms with Crippen LogP contribution in [0.4, 0.5) is 0 Å². The number of carbonyl (C=O) groups excluding carboxylic acids is 1. The number of amides is 1. The van der Waals surface area contributed by atoms with E-state index in [1.165, 1.54) is 0 Å². The van der Waals surface area contributed by atoms with Crippen molar-refractivity contribution in [2.45, 2.75) is 6.42 Å². The Balaban J connectivity index is 2.39. The van der Waals surface area contributed by atoms with Gasteiger partial charge in [0, 0.05) is 18.5 Å². The van der Waals surface area contributed by atoms with E-state index in [1.54, 1.807) is 25.3 Å². The van der Waals surface area contributed by atoms with Gasteiger partial charge in [-0.3, -0.25) is 4.79 Å². The van der Waals surface area contributed by atoms with E-state index in [9.17, 15) is 4.79 Å². The number of rotatable bonds is 4. The molecule has 2 rings (SSSR count). The van der Waals surface area contributed by atoms with Gasteiger partial charge in [-0.1, -0.05) is 0 Å². The summed E-state index contributed by atoms with van der Waals surface area (Å²) in [6.07, 6.45) is 4.08. The Kier molecular flexibility index (Phi) is 4.37. The molecule has 4 nitrogen and oxygen atoms in total. The van der Waals surface area contributed by atoms with Crippen LogP contribution in [0.15, 0.2) is 18.3 Å². The van der Waals surface area contributed by atoms with Crippen LogP contribution in [0, 0.1) is 0 Å². The molecule has 0 fully saturated rings. The summed E-state index contributed by atoms with van der Waals surface area (Å²) in [6, 6.07) is 3.75. The second-order valence-electron chi connectivity index (χ2n) is 4.21. The number of thiol groups is 1. The van der Waals surface area contributed by atoms with Crippen LogP contribution in [-0.4, -0.2) is 37.3 Å². The number of benzene rings is 1. The van der Waals surface area contributed by atoms with Gasteiger partial charge >= 0.3 is 0 Å². The molecule has 1 heterocycles. The molecule has 0 aliphatic carbocycles. The minimum absolute atomic E-state index is 0.0660. The molecule has 19 heavy (non-hydrogen) atoms. The number of nitrogens with zero attached hydrogens (tertiary/aromatic N) is 1. The summed E-state index contributed by atoms with van der Waals surface area (Å²) in [4.78, 5) is 13.8. The third-order valence-electron chi connectivity index (χ3n) is 3.08. The van der Waals surface area contributed by atoms with Gasteiger partial charge < -0.3 is 14.4 Å². The summed E-state index contributed by atoms with van der Waals surface area (Å²) in [5.74, 6) is 2.02. The van der Waals surface area contributed by atoms with Gasteiger partial charge in [0.05, 0.1) is 20.6 Å². The van der Waals surface area contributed by atoms with Crippen molar-refractivity contribution in [3.8, 4) is 11.5 Å². The predicted molar refractivity (Wildman–Crippen MR) is 77.9 cm³/mol. The molecule has 0 atom stereocenters. The first-order chi connectivity index (χ1) is 9.19. The van der Waals surface area contributed by atoms with Gasteiger partial charge in [0.2, 0.25) is 5.91 Å². The first kappa shape index (κ1) is 13.8. The number of carbonyl (C=O) groups is 1. The topological polar surface area (TPSA) is 38.8 Å². The highest BCUT2D eigenvalue weighted by Crippen LogP contribution is 2.32. The Morgan fingerprint density at radius 2 is 1.95 bits per heavy atom. The monoisotopic (exact) mass is 279 g/mol. The van der Waals surface area contributed by atoms with E-state index >= 15 is 0 Å². The number of hydrogen-bond acceptors (Lipinski definition) is 4. The normalized spacial score (nSPS) is 14.1. The zero-order valence-electron chi connectivity index (χ0n) is 11.0. The van der Waals surface area contributed by atoms with E-state index in [-0.39, 0.29) is 5.91 Å². The third-order valence-corrected chi connectivity index (χ3v) is 3.28. The molecule has 102 valence electrons. The minimum atomic E-state index is 0.0660. The van der Waals surface area contributed by atoms with E-state index < -0.39 is 0 Å². The van der Waals surface area contributed by atoms with Crippen molar-refractivity contribution in [3.63, 3.8) is 0 Å². The van der Waals surface area contributed by atoms with Gasteiger partial charge in [-0.15, -0.1) is 0 Å². The van der Waals surface area contributed by atoms with Crippen LogP contribution in [0.2, 0.25) is 0 Å². The van der Waals surface area contributed by atoms with Crippen LogP contribution in [0.25, 0.3) is 6.08 Å². The highest BCUT2D eigenvalue weighted by atomic mass is 32.1. The molecule has 0 radical (unpaired) electrons. The van der Waals surface area contributed by atoms with Gasteiger partial charge in [-0.25, -0.2) is 0 Å². The highest BCUT2D eigenvalue weighted by molar-refractivity contribution is 7.80. The fourth-order valence-corrected chi connectivity index (χ4v) is 2.29. The first-order valence-corrected chi connectivity index (χ1v) is 6.66. The third kappa shape index (κ3) is 2.87. The molecule has 0 saturated carbocycles. The van der Waals surface area contributed by atoms with Crippen LogP contribution in [0.3, 0.4) is 0 Å². The lowest BCUT2D eigenvalue weighted by molar-refractivity contribution is -0.127. The van der Waals surface area contributed by atoms with Gasteiger partial charge in [-0.2, -0.15) is 12.6 Å². The van der Waals surface area contributed by atoms with Crippen LogP contribution >= 0.6 is 12.6 Å². The number of methoxy groups -OCH3 is 2. The molecular weight excluding hydrogens is 262 g/mol. The smallest absolute Gasteiger partial charge is 0.230 e. The molecule has 1 aromatic rings. The van der Waals surface area contributed by atoms with E-state index in [4.69, 9.17) is 9.47 Å². The van der Waals surface area contributed by atoms with Gasteiger partial charge in [0.15, 0.2) is 11.5 Å². The van der Waals surface area contributed by atoms with Crippen LogP contribution in [-0.2, 0) is 11.2 Å². The van der Waals surface area contributed by atoms with Crippen LogP contribution < -0.4 is 9.47 Å². The van der Waals surface area contributed by atoms with Gasteiger partial charge in [0.1, 0.15) is 0 Å². The van der Waals surface area contributed by atoms with Crippen molar-refractivity contribution in [2.24, 2.45) is 0 Å². The molecule has 1 aromatic carbocycles. The quantitative estimate of drug-likeness (QED) is 0.857. The average molecular weight is 279 g/mol. The highest BCUT2D eigenvalue weighted by Gasteiger charge is 2.18. The Hall–Kier alpha value is -1.62. The second-order valence-corrected chi connectivity index (χ2v) is 4.66. The zero-order valence-corrected chi connectivity index (χ0v) is 11.9. The van der Waals surface area contributed by atoms with Crippen molar-refractivity contribution in [2.75, 3.05) is 26.5 Å². The number of fused-ring (bicyclic) bond motifs is 1. The maximum Gasteiger partial charge on any atom is 0.230 e. The van der Waals surface area contributed by atoms with Crippen molar-refractivity contribution in [1.29, 1.82) is 0 Å². The summed E-state index contributed by atoms with van der Waals surface area (Å²) in [6.45, 7) is 0.612. The van der Waals surface area contributed by atoms with Gasteiger partial charge in [-0.05, 0) is 29.3 Å². The maximum absolute atomic E-state index is 12.1. The fourth-order valence-electron chi connectivity index (χ4n) is 2.07. The van der Waals surface area contributed by atoms with E-state index in [0.29, 0.717) is 30.2 Å². The van der Waals surface area contributed by atoms with Crippen molar-refractivity contribution in [1.82, 2.24) is 4.90 Å². The fraction of sp³-hybridized carbons (Fsp3) is 0.357. The largest absolute Gasteiger partial charge is 0.493 e.